The van der Waals surface area contributed by atoms with E-state index < -0.39 is 10.1 Å². The van der Waals surface area contributed by atoms with Crippen molar-refractivity contribution in [3.05, 3.63) is 30.1 Å². The first-order valence-corrected chi connectivity index (χ1v) is 8.21. The first-order chi connectivity index (χ1) is 8.67. The van der Waals surface area contributed by atoms with Crippen molar-refractivity contribution < 1.29 is 17.5 Å². The van der Waals surface area contributed by atoms with Crippen LogP contribution >= 0.6 is 0 Å². The normalized spacial score (nSPS) is 12.6. The fourth-order valence-corrected chi connectivity index (χ4v) is 2.37. The molecule has 0 aromatic carbocycles. The summed E-state index contributed by atoms with van der Waals surface area (Å²) in [5.41, 5.74) is 1.48. The monoisotopic (exact) mass is 286 g/mol. The molecule has 0 saturated heterocycles. The molecule has 0 unspecified atom stereocenters. The second kappa shape index (κ2) is 6.48. The molecular formula is C14H24NO3S+. The molecule has 4 nitrogen and oxygen atoms in total. The van der Waals surface area contributed by atoms with E-state index in [0.717, 1.165) is 12.8 Å². The second-order valence-corrected chi connectivity index (χ2v) is 7.66. The summed E-state index contributed by atoms with van der Waals surface area (Å²) in [5.74, 6) is -0.187. The van der Waals surface area contributed by atoms with Crippen molar-refractivity contribution in [3.8, 4) is 0 Å². The Kier molecular flexibility index (Phi) is 5.50. The number of aryl methyl sites for hydroxylation is 2. The topological polar surface area (TPSA) is 58.2 Å². The molecule has 0 radical (unpaired) electrons. The van der Waals surface area contributed by atoms with E-state index in [1.54, 1.807) is 0 Å². The van der Waals surface area contributed by atoms with E-state index in [1.807, 2.05) is 18.3 Å². The number of nitrogens with zero attached hydrogens (tertiary/aromatic N) is 1. The largest absolute Gasteiger partial charge is 0.286 e. The minimum atomic E-state index is -3.86. The van der Waals surface area contributed by atoms with Gasteiger partial charge in [-0.15, -0.1) is 0 Å². The van der Waals surface area contributed by atoms with E-state index in [4.69, 9.17) is 4.55 Å². The maximum atomic E-state index is 10.7. The van der Waals surface area contributed by atoms with Gasteiger partial charge in [0, 0.05) is 25.0 Å². The minimum Gasteiger partial charge on any atom is -0.286 e. The van der Waals surface area contributed by atoms with Crippen molar-refractivity contribution in [2.45, 2.75) is 46.6 Å². The van der Waals surface area contributed by atoms with Gasteiger partial charge in [0.15, 0.2) is 11.9 Å². The highest BCUT2D eigenvalue weighted by Gasteiger charge is 2.16. The van der Waals surface area contributed by atoms with Gasteiger partial charge in [-0.05, 0) is 11.8 Å². The van der Waals surface area contributed by atoms with Crippen LogP contribution in [0.1, 0.15) is 39.3 Å². The van der Waals surface area contributed by atoms with Gasteiger partial charge in [-0.3, -0.25) is 4.55 Å². The van der Waals surface area contributed by atoms with Crippen LogP contribution in [0.15, 0.2) is 24.4 Å². The SMILES string of the molecule is CC(C)(C)CCc1cccc[n+]1CCCS(=O)(=O)O. The van der Waals surface area contributed by atoms with Gasteiger partial charge in [0.1, 0.15) is 6.54 Å². The first kappa shape index (κ1) is 16.1. The van der Waals surface area contributed by atoms with E-state index in [-0.39, 0.29) is 11.2 Å². The van der Waals surface area contributed by atoms with Crippen molar-refractivity contribution in [1.29, 1.82) is 0 Å². The summed E-state index contributed by atoms with van der Waals surface area (Å²) < 4.78 is 32.2. The molecule has 1 rings (SSSR count). The summed E-state index contributed by atoms with van der Waals surface area (Å²) in [4.78, 5) is 0. The molecule has 108 valence electrons. The van der Waals surface area contributed by atoms with Gasteiger partial charge in [-0.25, -0.2) is 4.57 Å². The average Bonchev–Trinajstić information content (AvgIpc) is 2.25. The number of aromatic nitrogens is 1. The Morgan fingerprint density at radius 1 is 1.26 bits per heavy atom. The lowest BCUT2D eigenvalue weighted by Crippen LogP contribution is -2.39. The molecule has 0 aliphatic rings. The highest BCUT2D eigenvalue weighted by Crippen LogP contribution is 2.20. The van der Waals surface area contributed by atoms with Gasteiger partial charge < -0.3 is 0 Å². The standard InChI is InChI=1S/C14H23NO3S/c1-14(2,3)9-8-13-7-4-5-10-15(13)11-6-12-19(16,17)18/h4-5,7,10H,6,8-9,11-12H2,1-3H3/p+1. The average molecular weight is 286 g/mol. The van der Waals surface area contributed by atoms with Gasteiger partial charge in [0.25, 0.3) is 10.1 Å². The molecule has 1 aromatic heterocycles. The zero-order valence-corrected chi connectivity index (χ0v) is 12.8. The molecule has 1 N–H and O–H groups in total. The zero-order chi connectivity index (χ0) is 14.5. The highest BCUT2D eigenvalue weighted by atomic mass is 32.2. The van der Waals surface area contributed by atoms with Crippen LogP contribution in [0.3, 0.4) is 0 Å². The van der Waals surface area contributed by atoms with E-state index in [9.17, 15) is 8.42 Å². The van der Waals surface area contributed by atoms with Crippen LogP contribution in [0.25, 0.3) is 0 Å². The smallest absolute Gasteiger partial charge is 0.265 e. The first-order valence-electron chi connectivity index (χ1n) is 6.60. The summed E-state index contributed by atoms with van der Waals surface area (Å²) in [5, 5.41) is 0. The molecule has 0 bridgehead atoms. The van der Waals surface area contributed by atoms with Gasteiger partial charge in [-0.2, -0.15) is 8.42 Å². The molecule has 0 atom stereocenters. The molecule has 0 fully saturated rings. The van der Waals surface area contributed by atoms with Crippen molar-refractivity contribution in [3.63, 3.8) is 0 Å². The van der Waals surface area contributed by atoms with Crippen LogP contribution in [0.5, 0.6) is 0 Å². The highest BCUT2D eigenvalue weighted by molar-refractivity contribution is 7.85. The van der Waals surface area contributed by atoms with Crippen LogP contribution in [0.4, 0.5) is 0 Å². The third-order valence-corrected chi connectivity index (χ3v) is 3.77. The Morgan fingerprint density at radius 3 is 2.53 bits per heavy atom. The summed E-state index contributed by atoms with van der Waals surface area (Å²) >= 11 is 0. The fourth-order valence-electron chi connectivity index (χ4n) is 1.88. The Labute approximate surface area is 116 Å². The Hall–Kier alpha value is -0.940. The minimum absolute atomic E-state index is 0.187. The summed E-state index contributed by atoms with van der Waals surface area (Å²) in [7, 11) is -3.86. The third kappa shape index (κ3) is 7.28. The molecule has 0 saturated carbocycles. The third-order valence-electron chi connectivity index (χ3n) is 2.97. The maximum Gasteiger partial charge on any atom is 0.265 e. The Morgan fingerprint density at radius 2 is 1.95 bits per heavy atom. The van der Waals surface area contributed by atoms with E-state index in [2.05, 4.69) is 31.4 Å². The van der Waals surface area contributed by atoms with E-state index in [1.165, 1.54) is 5.69 Å². The Balaban J connectivity index is 2.63. The lowest BCUT2D eigenvalue weighted by atomic mass is 9.90. The summed E-state index contributed by atoms with van der Waals surface area (Å²) in [6, 6.07) is 6.00. The molecular weight excluding hydrogens is 262 g/mol. The quantitative estimate of drug-likeness (QED) is 0.644. The van der Waals surface area contributed by atoms with E-state index >= 15 is 0 Å². The van der Waals surface area contributed by atoms with Crippen molar-refractivity contribution in [1.82, 2.24) is 0 Å². The van der Waals surface area contributed by atoms with E-state index in [0.29, 0.717) is 13.0 Å². The summed E-state index contributed by atoms with van der Waals surface area (Å²) in [6.07, 6.45) is 4.43. The fraction of sp³-hybridized carbons (Fsp3) is 0.643. The van der Waals surface area contributed by atoms with Crippen molar-refractivity contribution in [2.24, 2.45) is 5.41 Å². The molecule has 0 amide bonds. The lowest BCUT2D eigenvalue weighted by molar-refractivity contribution is -0.704. The zero-order valence-electron chi connectivity index (χ0n) is 12.0. The summed E-state index contributed by atoms with van der Waals surface area (Å²) in [6.45, 7) is 7.23. The van der Waals surface area contributed by atoms with Crippen molar-refractivity contribution >= 4 is 10.1 Å². The molecule has 0 aliphatic heterocycles. The van der Waals surface area contributed by atoms with Gasteiger partial charge >= 0.3 is 0 Å². The molecule has 1 heterocycles. The predicted octanol–water partition coefficient (Wildman–Crippen LogP) is 2.23. The van der Waals surface area contributed by atoms with Gasteiger partial charge in [0.2, 0.25) is 0 Å². The number of hydrogen-bond acceptors (Lipinski definition) is 2. The lowest BCUT2D eigenvalue weighted by Gasteiger charge is -2.16. The molecule has 1 aromatic rings. The van der Waals surface area contributed by atoms with Crippen LogP contribution in [0, 0.1) is 5.41 Å². The van der Waals surface area contributed by atoms with Gasteiger partial charge in [-0.1, -0.05) is 26.8 Å². The second-order valence-electron chi connectivity index (χ2n) is 6.09. The number of hydrogen-bond donors (Lipinski definition) is 1. The number of pyridine rings is 1. The van der Waals surface area contributed by atoms with Crippen LogP contribution in [-0.2, 0) is 23.1 Å². The predicted molar refractivity (Wildman–Crippen MR) is 75.4 cm³/mol. The molecule has 0 spiro atoms. The molecule has 5 heteroatoms. The maximum absolute atomic E-state index is 10.7. The van der Waals surface area contributed by atoms with Crippen LogP contribution in [0.2, 0.25) is 0 Å². The van der Waals surface area contributed by atoms with Crippen molar-refractivity contribution in [2.75, 3.05) is 5.75 Å². The molecule has 0 aliphatic carbocycles. The number of rotatable bonds is 6. The molecule has 19 heavy (non-hydrogen) atoms. The Bertz CT molecular complexity index is 504. The van der Waals surface area contributed by atoms with Crippen LogP contribution in [-0.4, -0.2) is 18.7 Å². The van der Waals surface area contributed by atoms with Crippen LogP contribution < -0.4 is 4.57 Å². The van der Waals surface area contributed by atoms with Gasteiger partial charge in [0.05, 0.1) is 5.75 Å².